The molecule has 0 amide bonds. The lowest BCUT2D eigenvalue weighted by Gasteiger charge is -2.25. The predicted molar refractivity (Wildman–Crippen MR) is 87.3 cm³/mol. The van der Waals surface area contributed by atoms with Crippen LogP contribution < -0.4 is 10.6 Å². The monoisotopic (exact) mass is 344 g/mol. The van der Waals surface area contributed by atoms with Crippen molar-refractivity contribution in [2.24, 2.45) is 5.73 Å². The number of ether oxygens (including phenoxy) is 2. The zero-order valence-electron chi connectivity index (χ0n) is 12.6. The molecule has 1 rings (SSSR count). The van der Waals surface area contributed by atoms with E-state index in [1.807, 2.05) is 6.92 Å². The molecular formula is C15H25BrN2O2. The summed E-state index contributed by atoms with van der Waals surface area (Å²) in [5.41, 5.74) is 8.24. The first-order valence-corrected chi connectivity index (χ1v) is 7.67. The molecule has 0 saturated carbocycles. The maximum Gasteiger partial charge on any atom is 0.0637 e. The molecule has 0 aromatic heterocycles. The van der Waals surface area contributed by atoms with Crippen molar-refractivity contribution in [1.82, 2.24) is 0 Å². The van der Waals surface area contributed by atoms with E-state index < -0.39 is 0 Å². The fourth-order valence-electron chi connectivity index (χ4n) is 2.05. The van der Waals surface area contributed by atoms with E-state index in [0.717, 1.165) is 36.2 Å². The topological polar surface area (TPSA) is 47.7 Å². The molecule has 0 heterocycles. The van der Waals surface area contributed by atoms with Gasteiger partial charge in [0.25, 0.3) is 0 Å². The molecule has 0 aliphatic rings. The van der Waals surface area contributed by atoms with Crippen molar-refractivity contribution in [2.45, 2.75) is 19.4 Å². The van der Waals surface area contributed by atoms with Crippen LogP contribution in [0.4, 0.5) is 5.69 Å². The fourth-order valence-corrected chi connectivity index (χ4v) is 2.78. The quantitative estimate of drug-likeness (QED) is 0.699. The molecular weight excluding hydrogens is 320 g/mol. The number of hydrogen-bond donors (Lipinski definition) is 1. The standard InChI is InChI=1S/C15H25BrN2O2/c1-12(17)14-6-5-13(11-15(14)16)18(8-10-20-3)7-4-9-19-2/h5-6,11-12H,4,7-10,17H2,1-3H3. The van der Waals surface area contributed by atoms with Gasteiger partial charge in [-0.25, -0.2) is 0 Å². The second-order valence-electron chi connectivity index (χ2n) is 4.82. The van der Waals surface area contributed by atoms with Crippen LogP contribution in [-0.4, -0.2) is 40.5 Å². The van der Waals surface area contributed by atoms with E-state index in [2.05, 4.69) is 39.0 Å². The van der Waals surface area contributed by atoms with Crippen LogP contribution in [0, 0.1) is 0 Å². The number of anilines is 1. The Hall–Kier alpha value is -0.620. The van der Waals surface area contributed by atoms with Gasteiger partial charge in [-0.1, -0.05) is 22.0 Å². The molecule has 0 spiro atoms. The largest absolute Gasteiger partial charge is 0.385 e. The number of hydrogen-bond acceptors (Lipinski definition) is 4. The van der Waals surface area contributed by atoms with Gasteiger partial charge in [0.1, 0.15) is 0 Å². The maximum absolute atomic E-state index is 5.94. The molecule has 1 aromatic rings. The van der Waals surface area contributed by atoms with Crippen molar-refractivity contribution in [3.63, 3.8) is 0 Å². The van der Waals surface area contributed by atoms with E-state index in [-0.39, 0.29) is 6.04 Å². The lowest BCUT2D eigenvalue weighted by atomic mass is 10.1. The third kappa shape index (κ3) is 5.40. The SMILES string of the molecule is COCCCN(CCOC)c1ccc(C(C)N)c(Br)c1. The van der Waals surface area contributed by atoms with E-state index in [1.165, 1.54) is 5.69 Å². The lowest BCUT2D eigenvalue weighted by Crippen LogP contribution is -2.29. The van der Waals surface area contributed by atoms with Crippen molar-refractivity contribution < 1.29 is 9.47 Å². The van der Waals surface area contributed by atoms with E-state index in [0.29, 0.717) is 6.61 Å². The number of rotatable bonds is 9. The van der Waals surface area contributed by atoms with Crippen molar-refractivity contribution in [3.05, 3.63) is 28.2 Å². The normalized spacial score (nSPS) is 12.4. The minimum absolute atomic E-state index is 0.0272. The zero-order chi connectivity index (χ0) is 15.0. The molecule has 5 heteroatoms. The summed E-state index contributed by atoms with van der Waals surface area (Å²) in [4.78, 5) is 2.30. The van der Waals surface area contributed by atoms with Gasteiger partial charge in [-0.05, 0) is 31.0 Å². The Morgan fingerprint density at radius 3 is 2.45 bits per heavy atom. The van der Waals surface area contributed by atoms with E-state index in [9.17, 15) is 0 Å². The van der Waals surface area contributed by atoms with Gasteiger partial charge < -0.3 is 20.1 Å². The summed E-state index contributed by atoms with van der Waals surface area (Å²) in [6, 6.07) is 6.35. The van der Waals surface area contributed by atoms with Crippen LogP contribution in [0.25, 0.3) is 0 Å². The smallest absolute Gasteiger partial charge is 0.0637 e. The van der Waals surface area contributed by atoms with Crippen LogP contribution in [-0.2, 0) is 9.47 Å². The summed E-state index contributed by atoms with van der Waals surface area (Å²) < 4.78 is 11.4. The summed E-state index contributed by atoms with van der Waals surface area (Å²) in [5.74, 6) is 0. The highest BCUT2D eigenvalue weighted by molar-refractivity contribution is 9.10. The average molecular weight is 345 g/mol. The molecule has 2 N–H and O–H groups in total. The summed E-state index contributed by atoms with van der Waals surface area (Å²) in [6.07, 6.45) is 0.993. The van der Waals surface area contributed by atoms with Crippen molar-refractivity contribution in [2.75, 3.05) is 45.4 Å². The van der Waals surface area contributed by atoms with Crippen LogP contribution in [0.15, 0.2) is 22.7 Å². The molecule has 20 heavy (non-hydrogen) atoms. The highest BCUT2D eigenvalue weighted by Gasteiger charge is 2.10. The minimum atomic E-state index is 0.0272. The molecule has 1 unspecified atom stereocenters. The number of nitrogens with zero attached hydrogens (tertiary/aromatic N) is 1. The van der Waals surface area contributed by atoms with E-state index >= 15 is 0 Å². The van der Waals surface area contributed by atoms with Gasteiger partial charge in [0.05, 0.1) is 6.61 Å². The van der Waals surface area contributed by atoms with Crippen LogP contribution in [0.3, 0.4) is 0 Å². The third-order valence-electron chi connectivity index (χ3n) is 3.18. The zero-order valence-corrected chi connectivity index (χ0v) is 14.1. The first-order valence-electron chi connectivity index (χ1n) is 6.88. The lowest BCUT2D eigenvalue weighted by molar-refractivity contribution is 0.191. The summed E-state index contributed by atoms with van der Waals surface area (Å²) >= 11 is 3.60. The van der Waals surface area contributed by atoms with Gasteiger partial charge in [-0.3, -0.25) is 0 Å². The van der Waals surface area contributed by atoms with E-state index in [1.54, 1.807) is 14.2 Å². The van der Waals surface area contributed by atoms with Gasteiger partial charge in [-0.2, -0.15) is 0 Å². The minimum Gasteiger partial charge on any atom is -0.385 e. The van der Waals surface area contributed by atoms with Gasteiger partial charge in [0.15, 0.2) is 0 Å². The van der Waals surface area contributed by atoms with Crippen LogP contribution in [0.5, 0.6) is 0 Å². The summed E-state index contributed by atoms with van der Waals surface area (Å²) in [5, 5.41) is 0. The van der Waals surface area contributed by atoms with Gasteiger partial charge in [-0.15, -0.1) is 0 Å². The Morgan fingerprint density at radius 2 is 1.90 bits per heavy atom. The number of halogens is 1. The first kappa shape index (κ1) is 17.4. The highest BCUT2D eigenvalue weighted by Crippen LogP contribution is 2.27. The molecule has 0 saturated heterocycles. The highest BCUT2D eigenvalue weighted by atomic mass is 79.9. The van der Waals surface area contributed by atoms with E-state index in [4.69, 9.17) is 15.2 Å². The Kier molecular flexibility index (Phi) is 8.14. The number of methoxy groups -OCH3 is 2. The van der Waals surface area contributed by atoms with Crippen LogP contribution >= 0.6 is 15.9 Å². The van der Waals surface area contributed by atoms with Crippen molar-refractivity contribution in [1.29, 1.82) is 0 Å². The van der Waals surface area contributed by atoms with Crippen molar-refractivity contribution in [3.8, 4) is 0 Å². The number of benzene rings is 1. The molecule has 0 aliphatic heterocycles. The van der Waals surface area contributed by atoms with Gasteiger partial charge in [0, 0.05) is 50.1 Å². The average Bonchev–Trinajstić information content (AvgIpc) is 2.42. The third-order valence-corrected chi connectivity index (χ3v) is 3.87. The molecule has 114 valence electrons. The van der Waals surface area contributed by atoms with Gasteiger partial charge in [0.2, 0.25) is 0 Å². The van der Waals surface area contributed by atoms with Crippen LogP contribution in [0.1, 0.15) is 24.9 Å². The molecule has 1 aromatic carbocycles. The molecule has 4 nitrogen and oxygen atoms in total. The second-order valence-corrected chi connectivity index (χ2v) is 5.68. The molecule has 0 aliphatic carbocycles. The van der Waals surface area contributed by atoms with Gasteiger partial charge >= 0.3 is 0 Å². The molecule has 0 bridgehead atoms. The molecule has 1 atom stereocenters. The predicted octanol–water partition coefficient (Wildman–Crippen LogP) is 2.96. The fraction of sp³-hybridized carbons (Fsp3) is 0.600. The Bertz CT molecular complexity index is 399. The maximum atomic E-state index is 5.94. The Morgan fingerprint density at radius 1 is 1.20 bits per heavy atom. The molecule has 0 radical (unpaired) electrons. The Balaban J connectivity index is 2.80. The van der Waals surface area contributed by atoms with Crippen molar-refractivity contribution >= 4 is 21.6 Å². The number of nitrogens with two attached hydrogens (primary N) is 1. The second kappa shape index (κ2) is 9.34. The summed E-state index contributed by atoms with van der Waals surface area (Å²) in [6.45, 7) is 5.27. The van der Waals surface area contributed by atoms with Crippen LogP contribution in [0.2, 0.25) is 0 Å². The molecule has 0 fully saturated rings. The summed E-state index contributed by atoms with van der Waals surface area (Å²) in [7, 11) is 3.45. The first-order chi connectivity index (χ1) is 9.60. The Labute approximate surface area is 130 Å².